The van der Waals surface area contributed by atoms with Crippen LogP contribution in [0.3, 0.4) is 0 Å². The van der Waals surface area contributed by atoms with Crippen LogP contribution in [0.5, 0.6) is 0 Å². The van der Waals surface area contributed by atoms with Gasteiger partial charge in [0.25, 0.3) is 5.89 Å². The van der Waals surface area contributed by atoms with Crippen molar-refractivity contribution in [2.75, 3.05) is 5.32 Å². The van der Waals surface area contributed by atoms with Gasteiger partial charge in [-0.15, -0.1) is 0 Å². The van der Waals surface area contributed by atoms with Crippen LogP contribution in [0.25, 0.3) is 11.5 Å². The fourth-order valence-electron chi connectivity index (χ4n) is 1.77. The molecule has 1 heterocycles. The van der Waals surface area contributed by atoms with Crippen LogP contribution in [-0.2, 0) is 6.54 Å². The van der Waals surface area contributed by atoms with Crippen LogP contribution in [0.4, 0.5) is 10.1 Å². The van der Waals surface area contributed by atoms with Crippen LogP contribution < -0.4 is 5.32 Å². The molecule has 0 saturated carbocycles. The average molecular weight is 269 g/mol. The van der Waals surface area contributed by atoms with Crippen molar-refractivity contribution in [2.45, 2.75) is 6.54 Å². The van der Waals surface area contributed by atoms with E-state index in [1.165, 1.54) is 12.1 Å². The van der Waals surface area contributed by atoms with Gasteiger partial charge in [-0.05, 0) is 36.4 Å². The van der Waals surface area contributed by atoms with E-state index in [1.54, 1.807) is 12.1 Å². The Balaban J connectivity index is 1.67. The number of benzene rings is 2. The van der Waals surface area contributed by atoms with Crippen LogP contribution >= 0.6 is 0 Å². The highest BCUT2D eigenvalue weighted by Crippen LogP contribution is 2.16. The van der Waals surface area contributed by atoms with Crippen molar-refractivity contribution in [2.24, 2.45) is 0 Å². The third-order valence-electron chi connectivity index (χ3n) is 2.78. The van der Waals surface area contributed by atoms with Gasteiger partial charge in [0, 0.05) is 11.3 Å². The second kappa shape index (κ2) is 5.52. The Hall–Kier alpha value is -2.69. The lowest BCUT2D eigenvalue weighted by molar-refractivity contribution is 0.423. The number of nitrogens with one attached hydrogen (secondary N) is 1. The Labute approximate surface area is 115 Å². The van der Waals surface area contributed by atoms with Gasteiger partial charge in [-0.2, -0.15) is 4.98 Å². The molecule has 0 unspecified atom stereocenters. The maximum absolute atomic E-state index is 12.8. The Morgan fingerprint density at radius 3 is 2.50 bits per heavy atom. The lowest BCUT2D eigenvalue weighted by Crippen LogP contribution is -2.01. The summed E-state index contributed by atoms with van der Waals surface area (Å²) < 4.78 is 18.0. The first kappa shape index (κ1) is 12.3. The van der Waals surface area contributed by atoms with Crippen molar-refractivity contribution in [1.82, 2.24) is 10.1 Å². The number of anilines is 1. The van der Waals surface area contributed by atoms with E-state index in [-0.39, 0.29) is 5.82 Å². The van der Waals surface area contributed by atoms with Gasteiger partial charge >= 0.3 is 0 Å². The minimum absolute atomic E-state index is 0.263. The van der Waals surface area contributed by atoms with Crippen molar-refractivity contribution in [3.63, 3.8) is 0 Å². The molecule has 3 aromatic rings. The predicted octanol–water partition coefficient (Wildman–Crippen LogP) is 3.49. The fourth-order valence-corrected chi connectivity index (χ4v) is 1.77. The molecule has 0 fully saturated rings. The van der Waals surface area contributed by atoms with E-state index >= 15 is 0 Å². The second-order valence-electron chi connectivity index (χ2n) is 4.24. The molecule has 0 radical (unpaired) electrons. The van der Waals surface area contributed by atoms with Gasteiger partial charge < -0.3 is 9.84 Å². The van der Waals surface area contributed by atoms with E-state index in [9.17, 15) is 4.39 Å². The van der Waals surface area contributed by atoms with Crippen LogP contribution in [0.15, 0.2) is 59.1 Å². The van der Waals surface area contributed by atoms with E-state index < -0.39 is 0 Å². The Morgan fingerprint density at radius 2 is 1.75 bits per heavy atom. The summed E-state index contributed by atoms with van der Waals surface area (Å²) in [6.45, 7) is 0.419. The van der Waals surface area contributed by atoms with Crippen LogP contribution in [0.2, 0.25) is 0 Å². The number of rotatable bonds is 4. The molecule has 0 spiro atoms. The van der Waals surface area contributed by atoms with Gasteiger partial charge in [-0.25, -0.2) is 4.39 Å². The minimum atomic E-state index is -0.263. The van der Waals surface area contributed by atoms with E-state index in [2.05, 4.69) is 15.5 Å². The maximum atomic E-state index is 12.8. The SMILES string of the molecule is Fc1ccc(NCc2noc(-c3ccccc3)n2)cc1. The summed E-state index contributed by atoms with van der Waals surface area (Å²) in [5.41, 5.74) is 1.69. The van der Waals surface area contributed by atoms with Crippen molar-refractivity contribution in [1.29, 1.82) is 0 Å². The summed E-state index contributed by atoms with van der Waals surface area (Å²) in [7, 11) is 0. The van der Waals surface area contributed by atoms with Crippen molar-refractivity contribution >= 4 is 5.69 Å². The molecule has 1 aromatic heterocycles. The standard InChI is InChI=1S/C15H12FN3O/c16-12-6-8-13(9-7-12)17-10-14-18-15(20-19-14)11-4-2-1-3-5-11/h1-9,17H,10H2. The number of hydrogen-bond donors (Lipinski definition) is 1. The summed E-state index contributed by atoms with van der Waals surface area (Å²) in [5.74, 6) is 0.774. The van der Waals surface area contributed by atoms with Crippen molar-refractivity contribution in [3.8, 4) is 11.5 Å². The van der Waals surface area contributed by atoms with E-state index in [0.717, 1.165) is 11.3 Å². The molecule has 4 nitrogen and oxygen atoms in total. The first-order valence-electron chi connectivity index (χ1n) is 6.19. The van der Waals surface area contributed by atoms with Crippen molar-refractivity contribution in [3.05, 3.63) is 66.2 Å². The monoisotopic (exact) mass is 269 g/mol. The van der Waals surface area contributed by atoms with Gasteiger partial charge in [0.2, 0.25) is 0 Å². The predicted molar refractivity (Wildman–Crippen MR) is 73.5 cm³/mol. The summed E-state index contributed by atoms with van der Waals surface area (Å²) in [6.07, 6.45) is 0. The molecular weight excluding hydrogens is 257 g/mol. The highest BCUT2D eigenvalue weighted by molar-refractivity contribution is 5.52. The van der Waals surface area contributed by atoms with E-state index in [0.29, 0.717) is 18.3 Å². The summed E-state index contributed by atoms with van der Waals surface area (Å²) in [4.78, 5) is 4.30. The lowest BCUT2D eigenvalue weighted by atomic mass is 10.2. The first-order valence-corrected chi connectivity index (χ1v) is 6.19. The number of aromatic nitrogens is 2. The number of halogens is 1. The minimum Gasteiger partial charge on any atom is -0.378 e. The molecule has 1 N–H and O–H groups in total. The van der Waals surface area contributed by atoms with Gasteiger partial charge in [-0.3, -0.25) is 0 Å². The molecule has 0 aliphatic rings. The highest BCUT2D eigenvalue weighted by Gasteiger charge is 2.07. The second-order valence-corrected chi connectivity index (χ2v) is 4.24. The zero-order valence-electron chi connectivity index (χ0n) is 10.6. The molecular formula is C15H12FN3O. The Morgan fingerprint density at radius 1 is 1.00 bits per heavy atom. The molecule has 0 saturated heterocycles. The molecule has 5 heteroatoms. The summed E-state index contributed by atoms with van der Waals surface area (Å²) in [6, 6.07) is 15.7. The molecule has 20 heavy (non-hydrogen) atoms. The van der Waals surface area contributed by atoms with Crippen LogP contribution in [0.1, 0.15) is 5.82 Å². The molecule has 0 bridgehead atoms. The maximum Gasteiger partial charge on any atom is 0.257 e. The highest BCUT2D eigenvalue weighted by atomic mass is 19.1. The fraction of sp³-hybridized carbons (Fsp3) is 0.0667. The molecule has 3 rings (SSSR count). The smallest absolute Gasteiger partial charge is 0.257 e. The first-order chi connectivity index (χ1) is 9.81. The zero-order chi connectivity index (χ0) is 13.8. The largest absolute Gasteiger partial charge is 0.378 e. The lowest BCUT2D eigenvalue weighted by Gasteiger charge is -2.02. The number of hydrogen-bond acceptors (Lipinski definition) is 4. The Kier molecular flexibility index (Phi) is 3.41. The molecule has 0 amide bonds. The summed E-state index contributed by atoms with van der Waals surface area (Å²) >= 11 is 0. The topological polar surface area (TPSA) is 51.0 Å². The quantitative estimate of drug-likeness (QED) is 0.787. The van der Waals surface area contributed by atoms with E-state index in [1.807, 2.05) is 30.3 Å². The van der Waals surface area contributed by atoms with Gasteiger partial charge in [0.1, 0.15) is 5.82 Å². The molecule has 2 aromatic carbocycles. The van der Waals surface area contributed by atoms with E-state index in [4.69, 9.17) is 4.52 Å². The normalized spacial score (nSPS) is 10.4. The number of nitrogens with zero attached hydrogens (tertiary/aromatic N) is 2. The summed E-state index contributed by atoms with van der Waals surface area (Å²) in [5, 5.41) is 7.00. The van der Waals surface area contributed by atoms with Crippen LogP contribution in [-0.4, -0.2) is 10.1 Å². The molecule has 0 aliphatic carbocycles. The Bertz CT molecular complexity index is 680. The van der Waals surface area contributed by atoms with Crippen molar-refractivity contribution < 1.29 is 8.91 Å². The molecule has 0 aliphatic heterocycles. The van der Waals surface area contributed by atoms with Gasteiger partial charge in [0.05, 0.1) is 6.54 Å². The average Bonchev–Trinajstić information content (AvgIpc) is 2.97. The molecule has 0 atom stereocenters. The molecule has 100 valence electrons. The zero-order valence-corrected chi connectivity index (χ0v) is 10.6. The third-order valence-corrected chi connectivity index (χ3v) is 2.78. The van der Waals surface area contributed by atoms with Gasteiger partial charge in [0.15, 0.2) is 5.82 Å². The third kappa shape index (κ3) is 2.83. The van der Waals surface area contributed by atoms with Gasteiger partial charge in [-0.1, -0.05) is 23.4 Å². The van der Waals surface area contributed by atoms with Crippen LogP contribution in [0, 0.1) is 5.82 Å².